The van der Waals surface area contributed by atoms with Gasteiger partial charge in [0.15, 0.2) is 29.1 Å². The fraction of sp³-hybridized carbons (Fsp3) is 0.327. The van der Waals surface area contributed by atoms with Gasteiger partial charge in [-0.05, 0) is 47.5 Å². The molecule has 24 heteroatoms. The number of aliphatic hydroxyl groups is 3. The van der Waals surface area contributed by atoms with Crippen LogP contribution >= 0.6 is 0 Å². The molecular formula is C52H53N7O17. The van der Waals surface area contributed by atoms with Gasteiger partial charge in [0.05, 0.1) is 74.8 Å². The molecule has 0 bridgehead atoms. The third-order valence-electron chi connectivity index (χ3n) is 12.8. The number of hydrogen-bond acceptors (Lipinski definition) is 19. The van der Waals surface area contributed by atoms with Crippen LogP contribution in [0.3, 0.4) is 0 Å². The Balaban J connectivity index is 0.796. The highest BCUT2D eigenvalue weighted by atomic mass is 16.7. The van der Waals surface area contributed by atoms with Gasteiger partial charge in [-0.15, -0.1) is 0 Å². The van der Waals surface area contributed by atoms with E-state index in [0.717, 1.165) is 11.1 Å². The fourth-order valence-corrected chi connectivity index (χ4v) is 8.89. The van der Waals surface area contributed by atoms with Gasteiger partial charge < -0.3 is 79.2 Å². The molecule has 7 atom stereocenters. The van der Waals surface area contributed by atoms with Crippen LogP contribution in [0.4, 0.5) is 27.5 Å². The van der Waals surface area contributed by atoms with Crippen LogP contribution < -0.4 is 44.8 Å². The van der Waals surface area contributed by atoms with Gasteiger partial charge in [0.1, 0.15) is 35.6 Å². The Morgan fingerprint density at radius 3 is 1.93 bits per heavy atom. The summed E-state index contributed by atoms with van der Waals surface area (Å²) >= 11 is 0. The normalized spacial score (nSPS) is 22.1. The van der Waals surface area contributed by atoms with Gasteiger partial charge in [0.2, 0.25) is 12.2 Å². The number of fused-ring (bicyclic) bond motifs is 4. The number of benzene rings is 4. The van der Waals surface area contributed by atoms with Crippen molar-refractivity contribution >= 4 is 70.5 Å². The van der Waals surface area contributed by atoms with Crippen molar-refractivity contribution in [3.8, 4) is 34.5 Å². The molecule has 8 N–H and O–H groups in total. The van der Waals surface area contributed by atoms with Crippen LogP contribution in [0, 0.1) is 0 Å². The van der Waals surface area contributed by atoms with Crippen LogP contribution in [0.2, 0.25) is 0 Å². The zero-order chi connectivity index (χ0) is 53.8. The first-order chi connectivity index (χ1) is 36.7. The number of carbonyl (C=O) groups is 5. The smallest absolute Gasteiger partial charge is 0.417 e. The van der Waals surface area contributed by atoms with Crippen LogP contribution in [0.15, 0.2) is 94.9 Å². The number of amides is 4. The third-order valence-corrected chi connectivity index (χ3v) is 12.8. The number of aliphatic imine (C=N–C) groups is 2. The second-order valence-corrected chi connectivity index (χ2v) is 17.8. The molecule has 5 aliphatic heterocycles. The van der Waals surface area contributed by atoms with Crippen LogP contribution in [-0.2, 0) is 19.1 Å². The SMILES string of the molecule is COC1=CN2C(=O)c3cc(OC)c(OCCCOc4cc5c(cc4OC)C(=O)N4C=C(c6ccc(NC(=O)Oc7ccc(O[C@@H]8OC(C(=O)O)[C@@H](O)C(O)C8O)c(NC(=O)CCN)c7)cc6)C[C@H]4C=N5)cc3N=C[C@@H]2C1. The number of methoxy groups -OCH3 is 3. The predicted molar refractivity (Wildman–Crippen MR) is 270 cm³/mol. The third kappa shape index (κ3) is 11.0. The van der Waals surface area contributed by atoms with E-state index in [1.165, 1.54) is 32.4 Å². The molecule has 5 heterocycles. The topological polar surface area (TPSA) is 321 Å². The second-order valence-electron chi connectivity index (χ2n) is 17.8. The number of carbonyl (C=O) groups excluding carboxylic acids is 4. The van der Waals surface area contributed by atoms with Crippen molar-refractivity contribution in [1.82, 2.24) is 9.80 Å². The summed E-state index contributed by atoms with van der Waals surface area (Å²) < 4.78 is 45.1. The molecule has 24 nitrogen and oxygen atoms in total. The van der Waals surface area contributed by atoms with Gasteiger partial charge in [0, 0.05) is 80.9 Å². The van der Waals surface area contributed by atoms with Crippen molar-refractivity contribution < 1.29 is 82.3 Å². The molecule has 5 aliphatic rings. The highest BCUT2D eigenvalue weighted by Gasteiger charge is 2.48. The number of nitrogens with zero attached hydrogens (tertiary/aromatic N) is 4. The lowest BCUT2D eigenvalue weighted by Crippen LogP contribution is -2.61. The quantitative estimate of drug-likeness (QED) is 0.0690. The second kappa shape index (κ2) is 22.5. The average molecular weight is 1050 g/mol. The van der Waals surface area contributed by atoms with E-state index in [1.54, 1.807) is 90.3 Å². The van der Waals surface area contributed by atoms with Crippen LogP contribution in [-0.4, -0.2) is 156 Å². The van der Waals surface area contributed by atoms with Crippen molar-refractivity contribution in [2.75, 3.05) is 51.7 Å². The fourth-order valence-electron chi connectivity index (χ4n) is 8.89. The molecule has 398 valence electrons. The maximum absolute atomic E-state index is 14.1. The van der Waals surface area contributed by atoms with E-state index in [-0.39, 0.29) is 61.2 Å². The summed E-state index contributed by atoms with van der Waals surface area (Å²) in [4.78, 5) is 77.2. The number of nitrogens with one attached hydrogen (secondary N) is 2. The lowest BCUT2D eigenvalue weighted by Gasteiger charge is -2.38. The Bertz CT molecular complexity index is 3050. The van der Waals surface area contributed by atoms with Crippen LogP contribution in [0.25, 0.3) is 5.57 Å². The van der Waals surface area contributed by atoms with E-state index < -0.39 is 54.7 Å². The standard InChI is InChI=1S/C52H53N7O17/c1-69-32-16-30-23-55-36-21-42(40(71-3)19-34(36)49(65)59(30)25-32)73-14-4-13-72-41-20-35-33(18-39(41)70-2)48(64)58-24-27(15-29(58)22-54-35)26-5-7-28(8-6-26)56-52(68)74-31-9-10-38(37(17-31)57-43(60)11-12-53)75-51-46(63)44(61)45(62)47(76-51)50(66)67/h5-10,17-25,29-30,44-47,51,61-63H,4,11-16,53H2,1-3H3,(H,56,68)(H,57,60)(H,66,67)/t29-,30-,44?,45-,46?,47?,51+/m0/s1. The van der Waals surface area contributed by atoms with E-state index >= 15 is 0 Å². The number of hydrogen-bond donors (Lipinski definition) is 7. The molecule has 4 aromatic rings. The number of carboxylic acids is 1. The lowest BCUT2D eigenvalue weighted by molar-refractivity contribution is -0.271. The van der Waals surface area contributed by atoms with Gasteiger partial charge >= 0.3 is 12.1 Å². The maximum Gasteiger partial charge on any atom is 0.417 e. The summed E-state index contributed by atoms with van der Waals surface area (Å²) in [6.45, 7) is 0.462. The molecule has 76 heavy (non-hydrogen) atoms. The molecule has 0 aliphatic carbocycles. The Morgan fingerprint density at radius 2 is 1.34 bits per heavy atom. The van der Waals surface area contributed by atoms with Crippen molar-refractivity contribution in [3.63, 3.8) is 0 Å². The van der Waals surface area contributed by atoms with Crippen LogP contribution in [0.1, 0.15) is 52.0 Å². The zero-order valence-electron chi connectivity index (χ0n) is 41.1. The molecular weight excluding hydrogens is 995 g/mol. The molecule has 3 unspecified atom stereocenters. The van der Waals surface area contributed by atoms with Crippen LogP contribution in [0.5, 0.6) is 34.5 Å². The predicted octanol–water partition coefficient (Wildman–Crippen LogP) is 4.11. The van der Waals surface area contributed by atoms with Crippen molar-refractivity contribution in [2.45, 2.75) is 68.5 Å². The molecule has 0 radical (unpaired) electrons. The average Bonchev–Trinajstić information content (AvgIpc) is 4.02. The van der Waals surface area contributed by atoms with Crippen molar-refractivity contribution in [2.24, 2.45) is 15.7 Å². The Morgan fingerprint density at radius 1 is 0.724 bits per heavy atom. The van der Waals surface area contributed by atoms with Gasteiger partial charge in [-0.2, -0.15) is 0 Å². The molecule has 0 spiro atoms. The molecule has 0 saturated carbocycles. The summed E-state index contributed by atoms with van der Waals surface area (Å²) in [5, 5.41) is 45.3. The minimum absolute atomic E-state index is 0.00575. The molecule has 4 amide bonds. The number of carboxylic acid groups (broad SMARTS) is 1. The minimum atomic E-state index is -1.95. The van der Waals surface area contributed by atoms with E-state index in [0.29, 0.717) is 76.2 Å². The maximum atomic E-state index is 14.1. The number of nitrogens with two attached hydrogens (primary N) is 1. The van der Waals surface area contributed by atoms with E-state index in [2.05, 4.69) is 20.6 Å². The summed E-state index contributed by atoms with van der Waals surface area (Å²) in [5.74, 6) is -0.702. The number of anilines is 2. The number of rotatable bonds is 18. The molecule has 0 aromatic heterocycles. The summed E-state index contributed by atoms with van der Waals surface area (Å²) in [5.41, 5.74) is 8.98. The first-order valence-electron chi connectivity index (χ1n) is 23.9. The van der Waals surface area contributed by atoms with E-state index in [1.807, 2.05) is 0 Å². The summed E-state index contributed by atoms with van der Waals surface area (Å²) in [7, 11) is 4.54. The highest BCUT2D eigenvalue weighted by Crippen LogP contribution is 2.42. The van der Waals surface area contributed by atoms with Crippen molar-refractivity contribution in [1.29, 1.82) is 0 Å². The summed E-state index contributed by atoms with van der Waals surface area (Å²) in [6, 6.07) is 16.5. The Labute approximate surface area is 433 Å². The Kier molecular flexibility index (Phi) is 15.5. The van der Waals surface area contributed by atoms with E-state index in [9.17, 15) is 44.4 Å². The molecule has 1 saturated heterocycles. The minimum Gasteiger partial charge on any atom is -0.499 e. The number of ether oxygens (including phenoxy) is 8. The first kappa shape index (κ1) is 52.3. The summed E-state index contributed by atoms with van der Waals surface area (Å²) in [6.07, 6.45) is -2.22. The van der Waals surface area contributed by atoms with Gasteiger partial charge in [-0.25, -0.2) is 9.59 Å². The zero-order valence-corrected chi connectivity index (χ0v) is 41.1. The number of aliphatic carboxylic acids is 1. The number of aliphatic hydroxyl groups excluding tert-OH is 3. The van der Waals surface area contributed by atoms with Gasteiger partial charge in [0.25, 0.3) is 11.8 Å². The van der Waals surface area contributed by atoms with Crippen molar-refractivity contribution in [3.05, 3.63) is 102 Å². The molecule has 9 rings (SSSR count). The monoisotopic (exact) mass is 1050 g/mol. The molecule has 4 aromatic carbocycles. The lowest BCUT2D eigenvalue weighted by atomic mass is 9.99. The first-order valence-corrected chi connectivity index (χ1v) is 23.9. The molecule has 1 fully saturated rings. The Hall–Kier alpha value is -8.55. The van der Waals surface area contributed by atoms with Gasteiger partial charge in [-0.3, -0.25) is 29.7 Å². The van der Waals surface area contributed by atoms with Gasteiger partial charge in [-0.1, -0.05) is 12.1 Å². The highest BCUT2D eigenvalue weighted by molar-refractivity contribution is 6.06. The van der Waals surface area contributed by atoms with E-state index in [4.69, 9.17) is 43.6 Å². The largest absolute Gasteiger partial charge is 0.499 e.